The van der Waals surface area contributed by atoms with Crippen molar-refractivity contribution in [1.82, 2.24) is 4.72 Å². The number of ether oxygens (including phenoxy) is 2. The normalized spacial score (nSPS) is 20.2. The Kier molecular flexibility index (Phi) is 4.72. The van der Waals surface area contributed by atoms with E-state index in [1.54, 1.807) is 12.1 Å². The zero-order valence-corrected chi connectivity index (χ0v) is 11.2. The molecule has 1 aromatic rings. The number of benzene rings is 1. The van der Waals surface area contributed by atoms with Gasteiger partial charge in [0.05, 0.1) is 30.8 Å². The Bertz CT molecular complexity index is 497. The maximum Gasteiger partial charge on any atom is 0.240 e. The first kappa shape index (κ1) is 14.2. The van der Waals surface area contributed by atoms with Crippen LogP contribution in [-0.4, -0.2) is 40.9 Å². The van der Waals surface area contributed by atoms with Gasteiger partial charge >= 0.3 is 0 Å². The molecule has 1 aliphatic heterocycles. The van der Waals surface area contributed by atoms with E-state index in [1.165, 1.54) is 12.1 Å². The molecule has 2 rings (SSSR count). The van der Waals surface area contributed by atoms with E-state index >= 15 is 0 Å². The molecule has 0 spiro atoms. The van der Waals surface area contributed by atoms with Gasteiger partial charge in [0.15, 0.2) is 0 Å². The summed E-state index contributed by atoms with van der Waals surface area (Å²) in [7, 11) is -3.54. The quantitative estimate of drug-likeness (QED) is 0.506. The summed E-state index contributed by atoms with van der Waals surface area (Å²) in [6, 6.07) is 6.15. The Morgan fingerprint density at radius 1 is 1.26 bits per heavy atom. The highest BCUT2D eigenvalue weighted by Gasteiger charge is 2.19. The van der Waals surface area contributed by atoms with E-state index in [4.69, 9.17) is 15.3 Å². The molecule has 0 saturated carbocycles. The van der Waals surface area contributed by atoms with Gasteiger partial charge in [-0.2, -0.15) is 0 Å². The predicted octanol–water partition coefficient (Wildman–Crippen LogP) is -0.334. The third kappa shape index (κ3) is 3.88. The Morgan fingerprint density at radius 3 is 2.58 bits per heavy atom. The molecule has 8 heteroatoms. The molecular formula is C11H17N3O4S. The zero-order valence-electron chi connectivity index (χ0n) is 10.3. The van der Waals surface area contributed by atoms with Crippen molar-refractivity contribution in [3.8, 4) is 0 Å². The molecule has 7 nitrogen and oxygen atoms in total. The molecule has 1 saturated heterocycles. The number of nitrogen functional groups attached to an aromatic ring is 1. The molecule has 19 heavy (non-hydrogen) atoms. The van der Waals surface area contributed by atoms with Gasteiger partial charge in [-0.15, -0.1) is 0 Å². The lowest BCUT2D eigenvalue weighted by Crippen LogP contribution is -2.39. The zero-order chi connectivity index (χ0) is 13.7. The van der Waals surface area contributed by atoms with Crippen molar-refractivity contribution in [2.24, 2.45) is 5.84 Å². The first-order valence-electron chi connectivity index (χ1n) is 5.87. The minimum atomic E-state index is -3.54. The minimum Gasteiger partial charge on any atom is -0.376 e. The first-order valence-corrected chi connectivity index (χ1v) is 7.36. The highest BCUT2D eigenvalue weighted by atomic mass is 32.2. The maximum absolute atomic E-state index is 12.0. The fourth-order valence-corrected chi connectivity index (χ4v) is 2.74. The van der Waals surface area contributed by atoms with Gasteiger partial charge in [-0.05, 0) is 24.3 Å². The van der Waals surface area contributed by atoms with Gasteiger partial charge in [0.2, 0.25) is 10.0 Å². The summed E-state index contributed by atoms with van der Waals surface area (Å²) in [6.07, 6.45) is -0.242. The monoisotopic (exact) mass is 287 g/mol. The summed E-state index contributed by atoms with van der Waals surface area (Å²) < 4.78 is 37.1. The second-order valence-electron chi connectivity index (χ2n) is 4.09. The van der Waals surface area contributed by atoms with Crippen LogP contribution in [-0.2, 0) is 19.5 Å². The Balaban J connectivity index is 1.96. The molecule has 1 atom stereocenters. The molecule has 1 unspecified atom stereocenters. The van der Waals surface area contributed by atoms with Gasteiger partial charge < -0.3 is 14.9 Å². The van der Waals surface area contributed by atoms with Crippen LogP contribution in [0.5, 0.6) is 0 Å². The first-order chi connectivity index (χ1) is 9.12. The number of hydrogen-bond acceptors (Lipinski definition) is 6. The SMILES string of the molecule is NNc1ccc(S(=O)(=O)NCC2COCCO2)cc1. The number of anilines is 1. The Hall–Kier alpha value is -1.19. The van der Waals surface area contributed by atoms with Crippen LogP contribution in [0.3, 0.4) is 0 Å². The molecule has 0 bridgehead atoms. The van der Waals surface area contributed by atoms with Crippen molar-refractivity contribution in [3.05, 3.63) is 24.3 Å². The second kappa shape index (κ2) is 6.31. The second-order valence-corrected chi connectivity index (χ2v) is 5.86. The summed E-state index contributed by atoms with van der Waals surface area (Å²) >= 11 is 0. The van der Waals surface area contributed by atoms with E-state index in [0.717, 1.165) is 0 Å². The van der Waals surface area contributed by atoms with Crippen LogP contribution in [0, 0.1) is 0 Å². The molecule has 0 radical (unpaired) electrons. The third-order valence-electron chi connectivity index (χ3n) is 2.72. The summed E-state index contributed by atoms with van der Waals surface area (Å²) in [4.78, 5) is 0.184. The Morgan fingerprint density at radius 2 is 2.00 bits per heavy atom. The van der Waals surface area contributed by atoms with Crippen LogP contribution in [0.25, 0.3) is 0 Å². The summed E-state index contributed by atoms with van der Waals surface area (Å²) in [5.41, 5.74) is 3.08. The minimum absolute atomic E-state index is 0.184. The molecular weight excluding hydrogens is 270 g/mol. The van der Waals surface area contributed by atoms with E-state index in [1.807, 2.05) is 0 Å². The van der Waals surface area contributed by atoms with Crippen molar-refractivity contribution in [1.29, 1.82) is 0 Å². The standard InChI is InChI=1S/C11H17N3O4S/c12-14-9-1-3-11(4-2-9)19(15,16)13-7-10-8-17-5-6-18-10/h1-4,10,13-14H,5-8,12H2. The lowest BCUT2D eigenvalue weighted by molar-refractivity contribution is -0.0846. The van der Waals surface area contributed by atoms with E-state index < -0.39 is 10.0 Å². The number of hydrogen-bond donors (Lipinski definition) is 3. The van der Waals surface area contributed by atoms with Crippen LogP contribution < -0.4 is 16.0 Å². The van der Waals surface area contributed by atoms with Crippen LogP contribution in [0.15, 0.2) is 29.2 Å². The number of hydrazine groups is 1. The molecule has 0 aliphatic carbocycles. The summed E-state index contributed by atoms with van der Waals surface area (Å²) in [5, 5.41) is 0. The number of nitrogens with two attached hydrogens (primary N) is 1. The van der Waals surface area contributed by atoms with Crippen molar-refractivity contribution in [3.63, 3.8) is 0 Å². The topological polar surface area (TPSA) is 103 Å². The molecule has 1 fully saturated rings. The van der Waals surface area contributed by atoms with Crippen LogP contribution >= 0.6 is 0 Å². The fourth-order valence-electron chi connectivity index (χ4n) is 1.67. The van der Waals surface area contributed by atoms with Gasteiger partial charge in [-0.25, -0.2) is 13.1 Å². The van der Waals surface area contributed by atoms with Gasteiger partial charge in [0.1, 0.15) is 0 Å². The van der Waals surface area contributed by atoms with E-state index in [9.17, 15) is 8.42 Å². The lowest BCUT2D eigenvalue weighted by Gasteiger charge is -2.23. The van der Waals surface area contributed by atoms with E-state index in [2.05, 4.69) is 10.1 Å². The van der Waals surface area contributed by atoms with Crippen molar-refractivity contribution in [2.75, 3.05) is 31.8 Å². The van der Waals surface area contributed by atoms with E-state index in [0.29, 0.717) is 25.5 Å². The van der Waals surface area contributed by atoms with E-state index in [-0.39, 0.29) is 17.5 Å². The molecule has 1 aromatic carbocycles. The molecule has 1 aliphatic rings. The van der Waals surface area contributed by atoms with Crippen molar-refractivity contribution in [2.45, 2.75) is 11.0 Å². The lowest BCUT2D eigenvalue weighted by atomic mass is 10.3. The Labute approximate surface area is 112 Å². The molecule has 1 heterocycles. The van der Waals surface area contributed by atoms with Gasteiger partial charge in [0.25, 0.3) is 0 Å². The summed E-state index contributed by atoms with van der Waals surface area (Å²) in [6.45, 7) is 1.64. The molecule has 0 aromatic heterocycles. The molecule has 106 valence electrons. The van der Waals surface area contributed by atoms with Crippen molar-refractivity contribution >= 4 is 15.7 Å². The highest BCUT2D eigenvalue weighted by molar-refractivity contribution is 7.89. The van der Waals surface area contributed by atoms with Gasteiger partial charge in [0, 0.05) is 12.2 Å². The number of nitrogens with one attached hydrogen (secondary N) is 2. The highest BCUT2D eigenvalue weighted by Crippen LogP contribution is 2.13. The van der Waals surface area contributed by atoms with Gasteiger partial charge in [-0.1, -0.05) is 0 Å². The maximum atomic E-state index is 12.0. The summed E-state index contributed by atoms with van der Waals surface area (Å²) in [5.74, 6) is 5.22. The number of sulfonamides is 1. The third-order valence-corrected chi connectivity index (χ3v) is 4.16. The smallest absolute Gasteiger partial charge is 0.240 e. The van der Waals surface area contributed by atoms with Crippen LogP contribution in [0.4, 0.5) is 5.69 Å². The number of rotatable bonds is 5. The molecule has 4 N–H and O–H groups in total. The fraction of sp³-hybridized carbons (Fsp3) is 0.455. The van der Waals surface area contributed by atoms with Crippen LogP contribution in [0.1, 0.15) is 0 Å². The van der Waals surface area contributed by atoms with Crippen molar-refractivity contribution < 1.29 is 17.9 Å². The largest absolute Gasteiger partial charge is 0.376 e. The predicted molar refractivity (Wildman–Crippen MR) is 70.0 cm³/mol. The van der Waals surface area contributed by atoms with Crippen LogP contribution in [0.2, 0.25) is 0 Å². The average molecular weight is 287 g/mol. The van der Waals surface area contributed by atoms with Gasteiger partial charge in [-0.3, -0.25) is 5.84 Å². The average Bonchev–Trinajstić information content (AvgIpc) is 2.46. The molecule has 0 amide bonds.